The molecule has 5 nitrogen and oxygen atoms in total. The molecule has 1 saturated carbocycles. The van der Waals surface area contributed by atoms with E-state index in [2.05, 4.69) is 57.3 Å². The second kappa shape index (κ2) is 9.79. The highest BCUT2D eigenvalue weighted by molar-refractivity contribution is 5.76. The van der Waals surface area contributed by atoms with E-state index in [1.807, 2.05) is 0 Å². The maximum Gasteiger partial charge on any atom is 0.310 e. The molecule has 5 atom stereocenters. The van der Waals surface area contributed by atoms with Crippen LogP contribution in [-0.4, -0.2) is 44.5 Å². The first-order valence-electron chi connectivity index (χ1n) is 14.0. The molecule has 0 bridgehead atoms. The third kappa shape index (κ3) is 4.86. The molecule has 0 amide bonds. The first-order valence-corrected chi connectivity index (χ1v) is 14.0. The third-order valence-corrected chi connectivity index (χ3v) is 9.86. The van der Waals surface area contributed by atoms with Gasteiger partial charge in [0.25, 0.3) is 0 Å². The van der Waals surface area contributed by atoms with E-state index in [0.29, 0.717) is 12.5 Å². The topological polar surface area (TPSA) is 56.8 Å². The van der Waals surface area contributed by atoms with Gasteiger partial charge < -0.3 is 19.5 Å². The van der Waals surface area contributed by atoms with Crippen LogP contribution < -0.4 is 10.1 Å². The first-order chi connectivity index (χ1) is 17.1. The van der Waals surface area contributed by atoms with Crippen LogP contribution in [0.1, 0.15) is 84.6 Å². The van der Waals surface area contributed by atoms with Gasteiger partial charge in [0.2, 0.25) is 0 Å². The lowest BCUT2D eigenvalue weighted by Crippen LogP contribution is -2.46. The number of hydrogen-bond acceptors (Lipinski definition) is 5. The molecule has 2 saturated heterocycles. The molecule has 5 heteroatoms. The van der Waals surface area contributed by atoms with Gasteiger partial charge in [-0.05, 0) is 102 Å². The van der Waals surface area contributed by atoms with Gasteiger partial charge in [0, 0.05) is 24.5 Å². The van der Waals surface area contributed by atoms with Crippen LogP contribution in [0, 0.1) is 17.3 Å². The second-order valence-electron chi connectivity index (χ2n) is 12.8. The van der Waals surface area contributed by atoms with Gasteiger partial charge in [0.15, 0.2) is 0 Å². The molecule has 2 heterocycles. The minimum absolute atomic E-state index is 0.00932. The van der Waals surface area contributed by atoms with Crippen molar-refractivity contribution in [3.05, 3.63) is 41.0 Å². The van der Waals surface area contributed by atoms with Crippen molar-refractivity contribution in [2.45, 2.75) is 96.2 Å². The molecule has 2 unspecified atom stereocenters. The Bertz CT molecular complexity index is 998. The van der Waals surface area contributed by atoms with Crippen molar-refractivity contribution in [2.75, 3.05) is 26.8 Å². The largest absolute Gasteiger partial charge is 0.497 e. The van der Waals surface area contributed by atoms with Crippen molar-refractivity contribution in [2.24, 2.45) is 17.3 Å². The Morgan fingerprint density at radius 3 is 2.64 bits per heavy atom. The molecule has 3 fully saturated rings. The first kappa shape index (κ1) is 25.8. The summed E-state index contributed by atoms with van der Waals surface area (Å²) in [4.78, 5) is 13.0. The number of carbonyl (C=O) groups is 1. The molecule has 198 valence electrons. The summed E-state index contributed by atoms with van der Waals surface area (Å²) < 4.78 is 17.5. The van der Waals surface area contributed by atoms with Gasteiger partial charge in [-0.1, -0.05) is 30.2 Å². The summed E-state index contributed by atoms with van der Waals surface area (Å²) in [6.45, 7) is 11.5. The molecule has 4 aliphatic rings. The average Bonchev–Trinajstić information content (AvgIpc) is 3.13. The van der Waals surface area contributed by atoms with Crippen LogP contribution in [0.4, 0.5) is 0 Å². The number of allylic oxidation sites excluding steroid dienone is 2. The number of hydrogen-bond donors (Lipinski definition) is 1. The van der Waals surface area contributed by atoms with Crippen LogP contribution in [0.15, 0.2) is 35.4 Å². The lowest BCUT2D eigenvalue weighted by atomic mass is 9.59. The summed E-state index contributed by atoms with van der Waals surface area (Å²) in [5.41, 5.74) is 4.68. The maximum atomic E-state index is 13.0. The molecular formula is C31H45NO4. The number of carbonyl (C=O) groups excluding carboxylic acids is 1. The third-order valence-electron chi connectivity index (χ3n) is 9.86. The fourth-order valence-corrected chi connectivity index (χ4v) is 7.96. The Hall–Kier alpha value is -1.85. The molecule has 36 heavy (non-hydrogen) atoms. The van der Waals surface area contributed by atoms with Crippen LogP contribution in [-0.2, 0) is 19.7 Å². The van der Waals surface area contributed by atoms with Crippen LogP contribution in [0.2, 0.25) is 0 Å². The fraction of sp³-hybridized carbons (Fsp3) is 0.710. The normalized spacial score (nSPS) is 35.7. The summed E-state index contributed by atoms with van der Waals surface area (Å²) in [6.07, 6.45) is 8.84. The zero-order chi connectivity index (χ0) is 25.6. The van der Waals surface area contributed by atoms with Gasteiger partial charge in [-0.3, -0.25) is 4.79 Å². The Balaban J connectivity index is 1.25. The van der Waals surface area contributed by atoms with Crippen molar-refractivity contribution in [1.82, 2.24) is 5.32 Å². The van der Waals surface area contributed by atoms with Gasteiger partial charge >= 0.3 is 5.97 Å². The molecule has 1 aromatic rings. The molecule has 0 aromatic heterocycles. The SMILES string of the molecule is COc1ccc(C2(CCNCC3C(=O)O[C@@H]4C[C@@]5(C)CCCC(C)=C5C[C@H]34)CCOC(C)(C)C2)cc1. The Kier molecular flexibility index (Phi) is 7.01. The van der Waals surface area contributed by atoms with E-state index in [0.717, 1.165) is 51.0 Å². The molecule has 2 aliphatic heterocycles. The van der Waals surface area contributed by atoms with E-state index in [-0.39, 0.29) is 34.4 Å². The van der Waals surface area contributed by atoms with Crippen molar-refractivity contribution in [1.29, 1.82) is 0 Å². The number of esters is 1. The summed E-state index contributed by atoms with van der Waals surface area (Å²) in [5.74, 6) is 1.18. The highest BCUT2D eigenvalue weighted by atomic mass is 16.6. The number of rotatable bonds is 7. The number of benzene rings is 1. The van der Waals surface area contributed by atoms with Crippen molar-refractivity contribution in [3.8, 4) is 5.75 Å². The van der Waals surface area contributed by atoms with Crippen LogP contribution in [0.5, 0.6) is 5.75 Å². The van der Waals surface area contributed by atoms with E-state index in [4.69, 9.17) is 14.2 Å². The van der Waals surface area contributed by atoms with E-state index < -0.39 is 0 Å². The standard InChI is InChI=1S/C31H45NO4/c1-21-7-6-12-30(4)18-27-24(17-26(21)30)25(28(33)36-27)19-32-15-13-31(14-16-35-29(2,3)20-31)22-8-10-23(34-5)11-9-22/h8-11,24-25,27,32H,6-7,12-20H2,1-5H3/t24-,25?,27-,30-,31?/m1/s1. The van der Waals surface area contributed by atoms with Gasteiger partial charge in [-0.15, -0.1) is 0 Å². The monoisotopic (exact) mass is 495 g/mol. The predicted molar refractivity (Wildman–Crippen MR) is 142 cm³/mol. The molecule has 5 rings (SSSR count). The van der Waals surface area contributed by atoms with Crippen LogP contribution in [0.3, 0.4) is 0 Å². The lowest BCUT2D eigenvalue weighted by molar-refractivity contribution is -0.145. The Morgan fingerprint density at radius 2 is 1.92 bits per heavy atom. The Morgan fingerprint density at radius 1 is 1.14 bits per heavy atom. The van der Waals surface area contributed by atoms with E-state index in [1.54, 1.807) is 18.3 Å². The Labute approximate surface area is 217 Å². The highest BCUT2D eigenvalue weighted by Crippen LogP contribution is 2.55. The minimum atomic E-state index is -0.152. The summed E-state index contributed by atoms with van der Waals surface area (Å²) in [5, 5.41) is 3.69. The van der Waals surface area contributed by atoms with E-state index in [1.165, 1.54) is 24.8 Å². The van der Waals surface area contributed by atoms with Gasteiger partial charge in [0.1, 0.15) is 11.9 Å². The summed E-state index contributed by atoms with van der Waals surface area (Å²) in [6, 6.07) is 8.58. The molecule has 0 radical (unpaired) electrons. The lowest BCUT2D eigenvalue weighted by Gasteiger charge is -2.46. The van der Waals surface area contributed by atoms with Gasteiger partial charge in [0.05, 0.1) is 18.6 Å². The highest BCUT2D eigenvalue weighted by Gasteiger charge is 2.52. The smallest absolute Gasteiger partial charge is 0.310 e. The summed E-state index contributed by atoms with van der Waals surface area (Å²) in [7, 11) is 1.71. The molecule has 0 spiro atoms. The molecule has 1 N–H and O–H groups in total. The van der Waals surface area contributed by atoms with Crippen molar-refractivity contribution >= 4 is 5.97 Å². The van der Waals surface area contributed by atoms with Gasteiger partial charge in [-0.25, -0.2) is 0 Å². The van der Waals surface area contributed by atoms with Crippen molar-refractivity contribution < 1.29 is 19.0 Å². The zero-order valence-electron chi connectivity index (χ0n) is 23.0. The van der Waals surface area contributed by atoms with Crippen LogP contribution in [0.25, 0.3) is 0 Å². The number of methoxy groups -OCH3 is 1. The van der Waals surface area contributed by atoms with Gasteiger partial charge in [-0.2, -0.15) is 0 Å². The zero-order valence-corrected chi connectivity index (χ0v) is 23.0. The number of nitrogens with one attached hydrogen (secondary N) is 1. The molecule has 2 aliphatic carbocycles. The van der Waals surface area contributed by atoms with E-state index in [9.17, 15) is 4.79 Å². The van der Waals surface area contributed by atoms with Crippen LogP contribution >= 0.6 is 0 Å². The van der Waals surface area contributed by atoms with E-state index >= 15 is 0 Å². The molecular weight excluding hydrogens is 450 g/mol. The maximum absolute atomic E-state index is 13.0. The quantitative estimate of drug-likeness (QED) is 0.287. The fourth-order valence-electron chi connectivity index (χ4n) is 7.96. The van der Waals surface area contributed by atoms with Crippen molar-refractivity contribution in [3.63, 3.8) is 0 Å². The predicted octanol–water partition coefficient (Wildman–Crippen LogP) is 5.96. The molecule has 1 aromatic carbocycles. The minimum Gasteiger partial charge on any atom is -0.497 e. The average molecular weight is 496 g/mol. The number of fused-ring (bicyclic) bond motifs is 2. The number of ether oxygens (including phenoxy) is 3. The second-order valence-corrected chi connectivity index (χ2v) is 12.8. The summed E-state index contributed by atoms with van der Waals surface area (Å²) >= 11 is 0.